The summed E-state index contributed by atoms with van der Waals surface area (Å²) in [6.07, 6.45) is 3.20. The minimum atomic E-state index is -3.73. The Hall–Kier alpha value is -1.95. The van der Waals surface area contributed by atoms with E-state index >= 15 is 0 Å². The van der Waals surface area contributed by atoms with E-state index in [2.05, 4.69) is 4.98 Å². The van der Waals surface area contributed by atoms with Gasteiger partial charge >= 0.3 is 0 Å². The number of hydrogen-bond donors (Lipinski definition) is 0. The average molecular weight is 306 g/mol. The summed E-state index contributed by atoms with van der Waals surface area (Å²) >= 11 is 0. The summed E-state index contributed by atoms with van der Waals surface area (Å²) in [6, 6.07) is 8.83. The molecule has 1 aliphatic carbocycles. The van der Waals surface area contributed by atoms with Crippen molar-refractivity contribution in [2.24, 2.45) is 0 Å². The molecular formula is C15H15FN2O2S. The summed E-state index contributed by atoms with van der Waals surface area (Å²) in [4.78, 5) is 4.28. The zero-order valence-corrected chi connectivity index (χ0v) is 12.3. The van der Waals surface area contributed by atoms with E-state index in [1.807, 2.05) is 0 Å². The van der Waals surface area contributed by atoms with Gasteiger partial charge in [0.2, 0.25) is 0 Å². The highest BCUT2D eigenvalue weighted by atomic mass is 32.2. The molecule has 1 aliphatic rings. The number of hydrogen-bond acceptors (Lipinski definition) is 3. The molecule has 0 aliphatic heterocycles. The smallest absolute Gasteiger partial charge is 0.247 e. The van der Waals surface area contributed by atoms with Gasteiger partial charge in [0.15, 0.2) is 0 Å². The Morgan fingerprint density at radius 2 is 2.00 bits per heavy atom. The topological polar surface area (TPSA) is 50.3 Å². The minimum Gasteiger partial charge on any atom is -0.247 e. The molecule has 1 fully saturated rings. The van der Waals surface area contributed by atoms with Crippen molar-refractivity contribution in [1.82, 2.24) is 4.98 Å². The molecule has 1 heterocycles. The molecule has 0 amide bonds. The molecule has 21 heavy (non-hydrogen) atoms. The second kappa shape index (κ2) is 5.11. The normalized spacial score (nSPS) is 15.0. The molecule has 0 bridgehead atoms. The molecule has 0 spiro atoms. The number of halogens is 1. The Labute approximate surface area is 123 Å². The molecule has 0 unspecified atom stereocenters. The largest absolute Gasteiger partial charge is 0.266 e. The lowest BCUT2D eigenvalue weighted by Crippen LogP contribution is -2.34. The van der Waals surface area contributed by atoms with Gasteiger partial charge in [0.05, 0.1) is 4.90 Å². The molecule has 0 atom stereocenters. The number of sulfonamides is 1. The first-order valence-corrected chi connectivity index (χ1v) is 8.16. The van der Waals surface area contributed by atoms with Gasteiger partial charge in [0, 0.05) is 12.2 Å². The van der Waals surface area contributed by atoms with Gasteiger partial charge in [0.1, 0.15) is 11.6 Å². The number of benzene rings is 1. The van der Waals surface area contributed by atoms with Crippen LogP contribution in [0.4, 0.5) is 10.2 Å². The van der Waals surface area contributed by atoms with Gasteiger partial charge in [-0.2, -0.15) is 0 Å². The van der Waals surface area contributed by atoms with Gasteiger partial charge in [-0.15, -0.1) is 0 Å². The predicted octanol–water partition coefficient (Wildman–Crippen LogP) is 2.89. The van der Waals surface area contributed by atoms with Crippen molar-refractivity contribution in [3.8, 4) is 0 Å². The van der Waals surface area contributed by atoms with Crippen molar-refractivity contribution >= 4 is 15.8 Å². The fraction of sp³-hybridized carbons (Fsp3) is 0.267. The Morgan fingerprint density at radius 3 is 2.57 bits per heavy atom. The summed E-state index contributed by atoms with van der Waals surface area (Å²) in [5.41, 5.74) is 0.400. The van der Waals surface area contributed by atoms with Crippen LogP contribution in [0.1, 0.15) is 18.4 Å². The monoisotopic (exact) mass is 306 g/mol. The first-order chi connectivity index (χ1) is 10.00. The first-order valence-electron chi connectivity index (χ1n) is 6.72. The maximum Gasteiger partial charge on any atom is 0.266 e. The van der Waals surface area contributed by atoms with E-state index < -0.39 is 15.8 Å². The van der Waals surface area contributed by atoms with Crippen LogP contribution >= 0.6 is 0 Å². The van der Waals surface area contributed by atoms with Crippen molar-refractivity contribution in [3.63, 3.8) is 0 Å². The van der Waals surface area contributed by atoms with Gasteiger partial charge in [-0.25, -0.2) is 22.1 Å². The Balaban J connectivity index is 2.10. The zero-order valence-electron chi connectivity index (χ0n) is 11.5. The molecule has 2 aromatic rings. The van der Waals surface area contributed by atoms with E-state index in [0.717, 1.165) is 12.8 Å². The molecule has 0 N–H and O–H groups in total. The summed E-state index contributed by atoms with van der Waals surface area (Å²) in [5.74, 6) is -0.0361. The highest BCUT2D eigenvalue weighted by Gasteiger charge is 2.39. The zero-order chi connectivity index (χ0) is 15.0. The Kier molecular flexibility index (Phi) is 3.41. The molecule has 6 heteroatoms. The third kappa shape index (κ3) is 2.63. The molecule has 1 aromatic carbocycles. The molecule has 1 saturated carbocycles. The third-order valence-corrected chi connectivity index (χ3v) is 5.44. The maximum atomic E-state index is 13.2. The number of aryl methyl sites for hydroxylation is 1. The van der Waals surface area contributed by atoms with E-state index in [1.165, 1.54) is 22.5 Å². The second-order valence-corrected chi connectivity index (χ2v) is 6.91. The lowest BCUT2D eigenvalue weighted by molar-refractivity contribution is 0.587. The number of rotatable bonds is 4. The quantitative estimate of drug-likeness (QED) is 0.872. The SMILES string of the molecule is Cc1cc(F)ccc1S(=O)(=O)N(c1ccccn1)C1CC1. The predicted molar refractivity (Wildman–Crippen MR) is 78.1 cm³/mol. The molecule has 0 saturated heterocycles. The van der Waals surface area contributed by atoms with Crippen LogP contribution < -0.4 is 4.31 Å². The van der Waals surface area contributed by atoms with Gasteiger partial charge < -0.3 is 0 Å². The summed E-state index contributed by atoms with van der Waals surface area (Å²) < 4.78 is 40.4. The van der Waals surface area contributed by atoms with Crippen LogP contribution in [-0.4, -0.2) is 19.4 Å². The molecule has 110 valence electrons. The number of anilines is 1. The van der Waals surface area contributed by atoms with E-state index in [1.54, 1.807) is 31.3 Å². The Morgan fingerprint density at radius 1 is 1.24 bits per heavy atom. The fourth-order valence-corrected chi connectivity index (χ4v) is 4.18. The van der Waals surface area contributed by atoms with E-state index in [0.29, 0.717) is 11.4 Å². The van der Waals surface area contributed by atoms with Crippen LogP contribution in [0.2, 0.25) is 0 Å². The van der Waals surface area contributed by atoms with Gasteiger partial charge in [-0.3, -0.25) is 0 Å². The summed E-state index contributed by atoms with van der Waals surface area (Å²) in [7, 11) is -3.73. The summed E-state index contributed by atoms with van der Waals surface area (Å²) in [6.45, 7) is 1.60. The van der Waals surface area contributed by atoms with Gasteiger partial charge in [-0.05, 0) is 55.7 Å². The van der Waals surface area contributed by atoms with Gasteiger partial charge in [-0.1, -0.05) is 6.07 Å². The van der Waals surface area contributed by atoms with E-state index in [-0.39, 0.29) is 10.9 Å². The standard InChI is InChI=1S/C15H15FN2O2S/c1-11-10-12(16)5-8-14(11)21(19,20)18(13-6-7-13)15-4-2-3-9-17-15/h2-5,8-10,13H,6-7H2,1H3. The lowest BCUT2D eigenvalue weighted by atomic mass is 10.2. The minimum absolute atomic E-state index is 0.0608. The lowest BCUT2D eigenvalue weighted by Gasteiger charge is -2.24. The van der Waals surface area contributed by atoms with Crippen molar-refractivity contribution in [2.75, 3.05) is 4.31 Å². The molecular weight excluding hydrogens is 291 g/mol. The number of pyridine rings is 1. The fourth-order valence-electron chi connectivity index (χ4n) is 2.31. The van der Waals surface area contributed by atoms with Crippen LogP contribution in [0.5, 0.6) is 0 Å². The highest BCUT2D eigenvalue weighted by molar-refractivity contribution is 7.93. The molecule has 4 nitrogen and oxygen atoms in total. The molecule has 3 rings (SSSR count). The van der Waals surface area contributed by atoms with E-state index in [9.17, 15) is 12.8 Å². The first kappa shape index (κ1) is 14.0. The van der Waals surface area contributed by atoms with E-state index in [4.69, 9.17) is 0 Å². The van der Waals surface area contributed by atoms with Crippen LogP contribution in [0.15, 0.2) is 47.5 Å². The van der Waals surface area contributed by atoms with Crippen LogP contribution in [-0.2, 0) is 10.0 Å². The number of nitrogens with zero attached hydrogens (tertiary/aromatic N) is 2. The molecule has 1 aromatic heterocycles. The molecule has 0 radical (unpaired) electrons. The number of aromatic nitrogens is 1. The van der Waals surface area contributed by atoms with Crippen molar-refractivity contribution < 1.29 is 12.8 Å². The van der Waals surface area contributed by atoms with Crippen molar-refractivity contribution in [1.29, 1.82) is 0 Å². The maximum absolute atomic E-state index is 13.2. The summed E-state index contributed by atoms with van der Waals surface area (Å²) in [5, 5.41) is 0. The average Bonchev–Trinajstić information content (AvgIpc) is 3.24. The Bertz CT molecular complexity index is 758. The van der Waals surface area contributed by atoms with Gasteiger partial charge in [0.25, 0.3) is 10.0 Å². The van der Waals surface area contributed by atoms with Crippen LogP contribution in [0, 0.1) is 12.7 Å². The second-order valence-electron chi connectivity index (χ2n) is 5.13. The highest BCUT2D eigenvalue weighted by Crippen LogP contribution is 2.36. The van der Waals surface area contributed by atoms with Crippen LogP contribution in [0.3, 0.4) is 0 Å². The van der Waals surface area contributed by atoms with Crippen LogP contribution in [0.25, 0.3) is 0 Å². The van der Waals surface area contributed by atoms with Crippen molar-refractivity contribution in [3.05, 3.63) is 54.0 Å². The van der Waals surface area contributed by atoms with Crippen molar-refractivity contribution in [2.45, 2.75) is 30.7 Å². The third-order valence-electron chi connectivity index (χ3n) is 3.43.